The Bertz CT molecular complexity index is 981. The van der Waals surface area contributed by atoms with E-state index in [0.29, 0.717) is 12.3 Å². The Balaban J connectivity index is 1.35. The summed E-state index contributed by atoms with van der Waals surface area (Å²) in [4.78, 5) is 4.27. The summed E-state index contributed by atoms with van der Waals surface area (Å²) in [5.41, 5.74) is 7.58. The molecule has 0 spiro atoms. The number of hydrazine groups is 1. The van der Waals surface area contributed by atoms with E-state index in [9.17, 15) is 5.11 Å². The van der Waals surface area contributed by atoms with Crippen molar-refractivity contribution < 1.29 is 9.84 Å². The second kappa shape index (κ2) is 8.29. The van der Waals surface area contributed by atoms with E-state index < -0.39 is 0 Å². The van der Waals surface area contributed by atoms with Gasteiger partial charge in [0.15, 0.2) is 0 Å². The molecule has 2 N–H and O–H groups in total. The standard InChI is InChI=1S/C22H21N3O2S/c1-16(26)21-15-28-22(24-21)14-27-20-9-7-18(8-10-20)19-11-23-25(13-19)12-17-5-3-2-4-6-17/h2-10,13,15,23,26H,1,11-12,14H2. The quantitative estimate of drug-likeness (QED) is 0.576. The first-order chi connectivity index (χ1) is 13.7. The number of aromatic nitrogens is 1. The summed E-state index contributed by atoms with van der Waals surface area (Å²) in [6.45, 7) is 5.49. The Morgan fingerprint density at radius 2 is 1.96 bits per heavy atom. The molecule has 0 bridgehead atoms. The highest BCUT2D eigenvalue weighted by atomic mass is 32.1. The summed E-state index contributed by atoms with van der Waals surface area (Å²) < 4.78 is 5.79. The Morgan fingerprint density at radius 3 is 2.68 bits per heavy atom. The third-order valence-electron chi connectivity index (χ3n) is 4.41. The summed E-state index contributed by atoms with van der Waals surface area (Å²) in [7, 11) is 0. The molecule has 0 fully saturated rings. The van der Waals surface area contributed by atoms with Crippen LogP contribution >= 0.6 is 11.3 Å². The number of nitrogens with zero attached hydrogens (tertiary/aromatic N) is 2. The van der Waals surface area contributed by atoms with Gasteiger partial charge in [0.2, 0.25) is 0 Å². The first-order valence-electron chi connectivity index (χ1n) is 8.98. The molecule has 1 aromatic heterocycles. The summed E-state index contributed by atoms with van der Waals surface area (Å²) in [5.74, 6) is 0.766. The second-order valence-corrected chi connectivity index (χ2v) is 7.43. The number of rotatable bonds is 7. The van der Waals surface area contributed by atoms with Gasteiger partial charge >= 0.3 is 0 Å². The lowest BCUT2D eigenvalue weighted by molar-refractivity contribution is 0.299. The minimum absolute atomic E-state index is 0.0217. The summed E-state index contributed by atoms with van der Waals surface area (Å²) in [5, 5.41) is 14.0. The number of nitrogens with one attached hydrogen (secondary N) is 1. The van der Waals surface area contributed by atoms with Crippen molar-refractivity contribution in [2.75, 3.05) is 6.54 Å². The van der Waals surface area contributed by atoms with Crippen molar-refractivity contribution in [3.8, 4) is 5.75 Å². The molecule has 4 rings (SSSR count). The SMILES string of the molecule is C=C(O)c1csc(COc2ccc(C3=CN(Cc4ccccc4)NC3)cc2)n1. The lowest BCUT2D eigenvalue weighted by atomic mass is 10.1. The molecule has 28 heavy (non-hydrogen) atoms. The molecule has 0 saturated heterocycles. The Labute approximate surface area is 168 Å². The van der Waals surface area contributed by atoms with E-state index in [4.69, 9.17) is 4.74 Å². The predicted molar refractivity (Wildman–Crippen MR) is 113 cm³/mol. The lowest BCUT2D eigenvalue weighted by Gasteiger charge is -2.15. The van der Waals surface area contributed by atoms with Crippen LogP contribution < -0.4 is 10.2 Å². The molecule has 1 aliphatic rings. The number of hydrogen-bond acceptors (Lipinski definition) is 6. The summed E-state index contributed by atoms with van der Waals surface area (Å²) in [6, 6.07) is 18.5. The van der Waals surface area contributed by atoms with Gasteiger partial charge in [0.25, 0.3) is 0 Å². The molecule has 6 heteroatoms. The fourth-order valence-electron chi connectivity index (χ4n) is 2.94. The van der Waals surface area contributed by atoms with Gasteiger partial charge in [-0.3, -0.25) is 0 Å². The average Bonchev–Trinajstić information content (AvgIpc) is 3.37. The molecule has 0 saturated carbocycles. The fourth-order valence-corrected chi connectivity index (χ4v) is 3.66. The largest absolute Gasteiger partial charge is 0.506 e. The molecular formula is C22H21N3O2S. The van der Waals surface area contributed by atoms with E-state index in [1.54, 1.807) is 5.38 Å². The van der Waals surface area contributed by atoms with E-state index in [-0.39, 0.29) is 5.76 Å². The highest BCUT2D eigenvalue weighted by Crippen LogP contribution is 2.23. The maximum Gasteiger partial charge on any atom is 0.140 e. The van der Waals surface area contributed by atoms with Crippen molar-refractivity contribution in [2.45, 2.75) is 13.2 Å². The lowest BCUT2D eigenvalue weighted by Crippen LogP contribution is -2.28. The van der Waals surface area contributed by atoms with Gasteiger partial charge < -0.3 is 14.9 Å². The van der Waals surface area contributed by atoms with Crippen LogP contribution in [0.3, 0.4) is 0 Å². The summed E-state index contributed by atoms with van der Waals surface area (Å²) >= 11 is 1.44. The monoisotopic (exact) mass is 391 g/mol. The first kappa shape index (κ1) is 18.3. The first-order valence-corrected chi connectivity index (χ1v) is 9.86. The average molecular weight is 391 g/mol. The highest BCUT2D eigenvalue weighted by Gasteiger charge is 2.13. The minimum Gasteiger partial charge on any atom is -0.506 e. The van der Waals surface area contributed by atoms with Crippen molar-refractivity contribution in [1.29, 1.82) is 0 Å². The predicted octanol–water partition coefficient (Wildman–Crippen LogP) is 4.61. The van der Waals surface area contributed by atoms with Gasteiger partial charge in [0, 0.05) is 18.1 Å². The topological polar surface area (TPSA) is 57.6 Å². The van der Waals surface area contributed by atoms with E-state index in [2.05, 4.69) is 64.6 Å². The van der Waals surface area contributed by atoms with Crippen LogP contribution in [0.25, 0.3) is 11.3 Å². The Hall–Kier alpha value is -3.09. The Morgan fingerprint density at radius 1 is 1.18 bits per heavy atom. The molecule has 0 aliphatic carbocycles. The molecule has 0 atom stereocenters. The van der Waals surface area contributed by atoms with Crippen molar-refractivity contribution in [1.82, 2.24) is 15.4 Å². The van der Waals surface area contributed by atoms with E-state index in [1.807, 2.05) is 18.2 Å². The smallest absolute Gasteiger partial charge is 0.140 e. The molecule has 2 heterocycles. The van der Waals surface area contributed by atoms with Gasteiger partial charge in [-0.25, -0.2) is 10.4 Å². The van der Waals surface area contributed by atoms with Crippen LogP contribution in [-0.2, 0) is 13.2 Å². The Kier molecular flexibility index (Phi) is 5.41. The van der Waals surface area contributed by atoms with Crippen molar-refractivity contribution >= 4 is 22.7 Å². The van der Waals surface area contributed by atoms with Crippen molar-refractivity contribution in [3.05, 3.63) is 94.6 Å². The summed E-state index contributed by atoms with van der Waals surface area (Å²) in [6.07, 6.45) is 2.15. The van der Waals surface area contributed by atoms with Crippen LogP contribution in [0.1, 0.15) is 21.8 Å². The number of aliphatic hydroxyl groups is 1. The highest BCUT2D eigenvalue weighted by molar-refractivity contribution is 7.09. The molecule has 0 unspecified atom stereocenters. The zero-order chi connectivity index (χ0) is 19.3. The van der Waals surface area contributed by atoms with Crippen LogP contribution in [0.15, 0.2) is 72.8 Å². The van der Waals surface area contributed by atoms with Gasteiger partial charge in [0.1, 0.15) is 28.8 Å². The maximum atomic E-state index is 9.35. The number of hydrogen-bond donors (Lipinski definition) is 2. The third-order valence-corrected chi connectivity index (χ3v) is 5.24. The van der Waals surface area contributed by atoms with E-state index in [1.165, 1.54) is 28.0 Å². The zero-order valence-corrected chi connectivity index (χ0v) is 16.2. The van der Waals surface area contributed by atoms with Gasteiger partial charge in [-0.15, -0.1) is 11.3 Å². The zero-order valence-electron chi connectivity index (χ0n) is 15.3. The number of thiazole rings is 1. The van der Waals surface area contributed by atoms with Gasteiger partial charge in [-0.05, 0) is 28.8 Å². The maximum absolute atomic E-state index is 9.35. The van der Waals surface area contributed by atoms with Crippen molar-refractivity contribution in [3.63, 3.8) is 0 Å². The van der Waals surface area contributed by atoms with Gasteiger partial charge in [0.05, 0.1) is 6.54 Å². The van der Waals surface area contributed by atoms with Gasteiger partial charge in [-0.1, -0.05) is 49.0 Å². The molecule has 3 aromatic rings. The van der Waals surface area contributed by atoms with Crippen molar-refractivity contribution in [2.24, 2.45) is 0 Å². The van der Waals surface area contributed by atoms with Crippen LogP contribution in [0.2, 0.25) is 0 Å². The number of aliphatic hydroxyl groups excluding tert-OH is 1. The van der Waals surface area contributed by atoms with Crippen LogP contribution in [0, 0.1) is 0 Å². The van der Waals surface area contributed by atoms with Crippen LogP contribution in [0.4, 0.5) is 0 Å². The van der Waals surface area contributed by atoms with Crippen LogP contribution in [-0.4, -0.2) is 21.6 Å². The molecule has 142 valence electrons. The number of ether oxygens (including phenoxy) is 1. The minimum atomic E-state index is -0.0217. The molecule has 1 aliphatic heterocycles. The molecule has 0 radical (unpaired) electrons. The number of benzene rings is 2. The van der Waals surface area contributed by atoms with Crippen LogP contribution in [0.5, 0.6) is 5.75 Å². The fraction of sp³-hybridized carbons (Fsp3) is 0.136. The molecule has 5 nitrogen and oxygen atoms in total. The second-order valence-electron chi connectivity index (χ2n) is 6.49. The van der Waals surface area contributed by atoms with Gasteiger partial charge in [-0.2, -0.15) is 0 Å². The molecule has 2 aromatic carbocycles. The van der Waals surface area contributed by atoms with E-state index >= 15 is 0 Å². The third kappa shape index (κ3) is 4.42. The normalized spacial score (nSPS) is 13.4. The van der Waals surface area contributed by atoms with E-state index in [0.717, 1.165) is 23.8 Å². The molecular weight excluding hydrogens is 370 g/mol. The molecule has 0 amide bonds.